The molecule has 0 unspecified atom stereocenters. The van der Waals surface area contributed by atoms with E-state index in [1.54, 1.807) is 45.2 Å². The Morgan fingerprint density at radius 3 is 2.11 bits per heavy atom. The van der Waals surface area contributed by atoms with Gasteiger partial charge in [-0.2, -0.15) is 0 Å². The summed E-state index contributed by atoms with van der Waals surface area (Å²) >= 11 is 5.31. The molecule has 0 aliphatic heterocycles. The average Bonchev–Trinajstić information content (AvgIpc) is 2.62. The molecule has 1 atom stereocenters. The van der Waals surface area contributed by atoms with Crippen molar-refractivity contribution in [2.75, 3.05) is 32.7 Å². The van der Waals surface area contributed by atoms with Gasteiger partial charge in [0, 0.05) is 17.7 Å². The third kappa shape index (κ3) is 5.86. The summed E-state index contributed by atoms with van der Waals surface area (Å²) < 4.78 is 5.41. The van der Waals surface area contributed by atoms with E-state index in [9.17, 15) is 29.4 Å². The normalized spacial score (nSPS) is 11.5. The number of methoxy groups -OCH3 is 1. The van der Waals surface area contributed by atoms with Gasteiger partial charge in [0.25, 0.3) is 5.91 Å². The molecule has 3 amide bonds. The lowest BCUT2D eigenvalue weighted by molar-refractivity contribution is -0.123. The predicted octanol–water partition coefficient (Wildman–Crippen LogP) is 0.620. The van der Waals surface area contributed by atoms with Crippen molar-refractivity contribution in [3.05, 3.63) is 21.8 Å². The largest absolute Gasteiger partial charge is 0.478 e. The minimum absolute atomic E-state index is 0.0333. The Hall–Kier alpha value is -0.790. The zero-order valence-electron chi connectivity index (χ0n) is 14.6. The lowest BCUT2D eigenvalue weighted by Gasteiger charge is -2.20. The summed E-state index contributed by atoms with van der Waals surface area (Å²) in [4.78, 5) is 48.2. The third-order valence-electron chi connectivity index (χ3n) is 3.35. The van der Waals surface area contributed by atoms with Gasteiger partial charge in [0.05, 0.1) is 30.6 Å². The van der Waals surface area contributed by atoms with Gasteiger partial charge in [-0.15, -0.1) is 0 Å². The number of carboxylic acid groups (broad SMARTS) is 1. The van der Waals surface area contributed by atoms with Gasteiger partial charge in [-0.05, 0) is 67.8 Å². The van der Waals surface area contributed by atoms with Crippen molar-refractivity contribution in [1.82, 2.24) is 10.6 Å². The van der Waals surface area contributed by atoms with Gasteiger partial charge >= 0.3 is 5.97 Å². The van der Waals surface area contributed by atoms with Crippen molar-refractivity contribution in [1.29, 1.82) is 0 Å². The highest BCUT2D eigenvalue weighted by Crippen LogP contribution is 2.35. The number of carboxylic acids is 1. The lowest BCUT2D eigenvalue weighted by Crippen LogP contribution is -2.48. The highest BCUT2D eigenvalue weighted by molar-refractivity contribution is 14.1. The minimum Gasteiger partial charge on any atom is -0.478 e. The van der Waals surface area contributed by atoms with Crippen LogP contribution in [0.1, 0.15) is 20.7 Å². The zero-order valence-corrected chi connectivity index (χ0v) is 21.0. The van der Waals surface area contributed by atoms with Gasteiger partial charge in [0.15, 0.2) is 0 Å². The van der Waals surface area contributed by atoms with Gasteiger partial charge in [-0.25, -0.2) is 4.79 Å². The molecule has 0 heterocycles. The summed E-state index contributed by atoms with van der Waals surface area (Å²) in [5.74, 6) is -3.19. The van der Waals surface area contributed by atoms with Crippen LogP contribution in [-0.4, -0.2) is 67.3 Å². The third-order valence-corrected chi connectivity index (χ3v) is 6.58. The number of hydrogen-bond donors (Lipinski definition) is 5. The number of likely N-dealkylation sites (N-methyl/N-ethyl adjacent to an activating group) is 1. The van der Waals surface area contributed by atoms with E-state index in [4.69, 9.17) is 4.74 Å². The molecule has 1 aromatic rings. The van der Waals surface area contributed by atoms with Crippen molar-refractivity contribution in [3.63, 3.8) is 0 Å². The van der Waals surface area contributed by atoms with E-state index in [1.165, 1.54) is 14.2 Å². The number of aliphatic hydroxyl groups excluding tert-OH is 1. The first kappa shape index (κ1) is 25.2. The number of benzene rings is 1. The van der Waals surface area contributed by atoms with E-state index in [1.807, 2.05) is 22.6 Å². The Balaban J connectivity index is 3.54. The maximum Gasteiger partial charge on any atom is 0.337 e. The molecular formula is C15H16I3N3O7. The number of hydrogen-bond acceptors (Lipinski definition) is 6. The van der Waals surface area contributed by atoms with E-state index >= 15 is 0 Å². The smallest absolute Gasteiger partial charge is 0.337 e. The highest BCUT2D eigenvalue weighted by Gasteiger charge is 2.30. The Morgan fingerprint density at radius 1 is 1.07 bits per heavy atom. The summed E-state index contributed by atoms with van der Waals surface area (Å²) in [5.41, 5.74) is -0.0548. The second kappa shape index (κ2) is 11.4. The molecule has 0 radical (unpaired) electrons. The summed E-state index contributed by atoms with van der Waals surface area (Å²) in [6.45, 7) is -0.905. The maximum absolute atomic E-state index is 12.8. The van der Waals surface area contributed by atoms with Crippen molar-refractivity contribution in [2.45, 2.75) is 6.04 Å². The topological polar surface area (TPSA) is 154 Å². The number of aromatic carboxylic acids is 1. The van der Waals surface area contributed by atoms with Crippen molar-refractivity contribution in [2.24, 2.45) is 0 Å². The first-order chi connectivity index (χ1) is 13.1. The van der Waals surface area contributed by atoms with Crippen LogP contribution in [0.25, 0.3) is 0 Å². The fourth-order valence-electron chi connectivity index (χ4n) is 2.07. The molecule has 28 heavy (non-hydrogen) atoms. The molecule has 13 heteroatoms. The van der Waals surface area contributed by atoms with Crippen molar-refractivity contribution < 1.29 is 34.1 Å². The summed E-state index contributed by atoms with van der Waals surface area (Å²) in [5, 5.41) is 26.1. The summed E-state index contributed by atoms with van der Waals surface area (Å²) in [7, 11) is 2.68. The molecule has 0 spiro atoms. The quantitative estimate of drug-likeness (QED) is 0.246. The van der Waals surface area contributed by atoms with Crippen molar-refractivity contribution in [3.8, 4) is 0 Å². The van der Waals surface area contributed by atoms with Crippen LogP contribution in [0.15, 0.2) is 0 Å². The Labute approximate surface area is 200 Å². The number of anilines is 1. The molecule has 154 valence electrons. The van der Waals surface area contributed by atoms with Crippen LogP contribution in [0.2, 0.25) is 0 Å². The molecule has 10 nitrogen and oxygen atoms in total. The van der Waals surface area contributed by atoms with Gasteiger partial charge in [0.2, 0.25) is 11.8 Å². The number of rotatable bonds is 8. The van der Waals surface area contributed by atoms with Crippen LogP contribution in [0, 0.1) is 10.7 Å². The second-order valence-corrected chi connectivity index (χ2v) is 8.41. The van der Waals surface area contributed by atoms with E-state index in [0.29, 0.717) is 0 Å². The Morgan fingerprint density at radius 2 is 1.64 bits per heavy atom. The highest BCUT2D eigenvalue weighted by atomic mass is 127. The number of carbonyl (C=O) groups is 4. The molecular weight excluding hydrogens is 715 g/mol. The standard InChI is InChI=1S/C15H16I3N3O7/c1-19-13(24)5(3-22)20-14(25)7-9(16)8(15(26)27)11(18)12(10(7)17)21-6(23)4-28-2/h5,22H,3-4H2,1-2H3,(H,19,24)(H,20,25)(H,21,23)(H,26,27)/t5-/m0/s1. The zero-order chi connectivity index (χ0) is 21.6. The Bertz CT molecular complexity index is 817. The van der Waals surface area contributed by atoms with Crippen LogP contribution in [0.5, 0.6) is 0 Å². The number of ether oxygens (including phenoxy) is 1. The fraction of sp³-hybridized carbons (Fsp3) is 0.333. The fourth-order valence-corrected chi connectivity index (χ4v) is 6.45. The monoisotopic (exact) mass is 731 g/mol. The molecule has 1 rings (SSSR count). The van der Waals surface area contributed by atoms with Crippen LogP contribution in [0.4, 0.5) is 5.69 Å². The number of halogens is 3. The minimum atomic E-state index is -1.29. The molecule has 1 aromatic carbocycles. The van der Waals surface area contributed by atoms with E-state index in [-0.39, 0.29) is 34.1 Å². The van der Waals surface area contributed by atoms with Gasteiger partial charge in [-0.3, -0.25) is 14.4 Å². The van der Waals surface area contributed by atoms with Gasteiger partial charge < -0.3 is 30.9 Å². The maximum atomic E-state index is 12.8. The van der Waals surface area contributed by atoms with Crippen LogP contribution in [0.3, 0.4) is 0 Å². The molecule has 0 aromatic heterocycles. The number of carbonyl (C=O) groups excluding carboxylic acids is 3. The SMILES string of the molecule is CNC(=O)[C@H](CO)NC(=O)c1c(I)c(NC(=O)COC)c(I)c(C(=O)O)c1I. The molecule has 0 saturated carbocycles. The van der Waals surface area contributed by atoms with E-state index in [0.717, 1.165) is 0 Å². The molecule has 0 aliphatic rings. The first-order valence-electron chi connectivity index (χ1n) is 7.46. The van der Waals surface area contributed by atoms with E-state index in [2.05, 4.69) is 16.0 Å². The first-order valence-corrected chi connectivity index (χ1v) is 10.7. The number of aliphatic hydroxyl groups is 1. The summed E-state index contributed by atoms with van der Waals surface area (Å²) in [6, 6.07) is -1.22. The van der Waals surface area contributed by atoms with Crippen LogP contribution >= 0.6 is 67.8 Å². The number of nitrogens with one attached hydrogen (secondary N) is 3. The molecule has 0 bridgehead atoms. The molecule has 5 N–H and O–H groups in total. The molecule has 0 saturated heterocycles. The van der Waals surface area contributed by atoms with Gasteiger partial charge in [-0.1, -0.05) is 0 Å². The molecule has 0 fully saturated rings. The average molecular weight is 731 g/mol. The summed E-state index contributed by atoms with van der Waals surface area (Å²) in [6.07, 6.45) is 0. The lowest BCUT2D eigenvalue weighted by atomic mass is 10.1. The number of amides is 3. The van der Waals surface area contributed by atoms with E-state index < -0.39 is 36.3 Å². The Kier molecular flexibility index (Phi) is 10.3. The van der Waals surface area contributed by atoms with Crippen LogP contribution in [-0.2, 0) is 14.3 Å². The second-order valence-electron chi connectivity index (χ2n) is 5.18. The van der Waals surface area contributed by atoms with Crippen molar-refractivity contribution >= 4 is 97.2 Å². The predicted molar refractivity (Wildman–Crippen MR) is 124 cm³/mol. The van der Waals surface area contributed by atoms with Crippen LogP contribution < -0.4 is 16.0 Å². The molecule has 0 aliphatic carbocycles. The van der Waals surface area contributed by atoms with Gasteiger partial charge in [0.1, 0.15) is 12.6 Å².